The van der Waals surface area contributed by atoms with Crippen molar-refractivity contribution < 1.29 is 75.1 Å². The third-order valence-electron chi connectivity index (χ3n) is 11.8. The second-order valence-electron chi connectivity index (χ2n) is 17.3. The lowest BCUT2D eigenvalue weighted by atomic mass is 10.1. The van der Waals surface area contributed by atoms with Crippen LogP contribution in [0.2, 0.25) is 0 Å². The summed E-state index contributed by atoms with van der Waals surface area (Å²) >= 11 is 0. The number of phenolic OH excluding ortho intramolecular Hbond substituents is 2. The van der Waals surface area contributed by atoms with Crippen molar-refractivity contribution in [3.8, 4) is 17.2 Å². The number of phenols is 2. The van der Waals surface area contributed by atoms with Crippen molar-refractivity contribution in [1.82, 2.24) is 15.0 Å². The topological polar surface area (TPSA) is 442 Å². The average molecular weight is 1190 g/mol. The van der Waals surface area contributed by atoms with E-state index in [-0.39, 0.29) is 55.3 Å². The van der Waals surface area contributed by atoms with Crippen LogP contribution in [0.25, 0.3) is 38.3 Å². The van der Waals surface area contributed by atoms with Crippen molar-refractivity contribution in [1.29, 1.82) is 0 Å². The highest BCUT2D eigenvalue weighted by Crippen LogP contribution is 2.44. The van der Waals surface area contributed by atoms with Gasteiger partial charge in [0.05, 0.1) is 43.9 Å². The predicted octanol–water partition coefficient (Wildman–Crippen LogP) is 11.0. The maximum Gasteiger partial charge on any atom is 0.296 e. The molecular formula is C47H35N11O17S5. The van der Waals surface area contributed by atoms with E-state index in [1.807, 2.05) is 0 Å². The van der Waals surface area contributed by atoms with Crippen molar-refractivity contribution in [3.63, 3.8) is 0 Å². The molecule has 9 aromatic rings. The summed E-state index contributed by atoms with van der Waals surface area (Å²) in [6.07, 6.45) is 0. The Labute approximate surface area is 451 Å². The molecule has 1 aromatic heterocycles. The fraction of sp³-hybridized carbons (Fsp3) is 0.0638. The fourth-order valence-corrected chi connectivity index (χ4v) is 11.1. The Balaban J connectivity index is 0.922. The van der Waals surface area contributed by atoms with Gasteiger partial charge in [0.15, 0.2) is 5.75 Å². The monoisotopic (exact) mass is 1190 g/mol. The van der Waals surface area contributed by atoms with E-state index in [4.69, 9.17) is 0 Å². The van der Waals surface area contributed by atoms with E-state index < -0.39 is 97.9 Å². The summed E-state index contributed by atoms with van der Waals surface area (Å²) in [4.78, 5) is -3.24. The number of aryl methyl sites for hydroxylation is 3. The van der Waals surface area contributed by atoms with Gasteiger partial charge >= 0.3 is 0 Å². The Morgan fingerprint density at radius 3 is 1.51 bits per heavy atom. The van der Waals surface area contributed by atoms with Gasteiger partial charge in [-0.05, 0) is 146 Å². The second kappa shape index (κ2) is 20.5. The molecule has 0 aliphatic rings. The maximum atomic E-state index is 12.7. The molecule has 410 valence electrons. The van der Waals surface area contributed by atoms with Crippen LogP contribution in [-0.4, -0.2) is 90.1 Å². The number of rotatable bonds is 14. The highest BCUT2D eigenvalue weighted by Gasteiger charge is 2.26. The summed E-state index contributed by atoms with van der Waals surface area (Å²) in [6.45, 7) is 5.01. The minimum absolute atomic E-state index is 0.00223. The van der Waals surface area contributed by atoms with Crippen LogP contribution in [-0.2, 0) is 50.6 Å². The van der Waals surface area contributed by atoms with E-state index in [0.717, 1.165) is 29.1 Å². The molecule has 0 atom stereocenters. The zero-order valence-electron chi connectivity index (χ0n) is 40.6. The van der Waals surface area contributed by atoms with Gasteiger partial charge in [-0.3, -0.25) is 22.8 Å². The Bertz CT molecular complexity index is 4880. The Hall–Kier alpha value is -8.77. The van der Waals surface area contributed by atoms with Gasteiger partial charge in [-0.15, -0.1) is 25.5 Å². The van der Waals surface area contributed by atoms with Gasteiger partial charge in [-0.2, -0.15) is 72.5 Å². The molecule has 0 fully saturated rings. The fourth-order valence-electron chi connectivity index (χ4n) is 7.85. The second-order valence-corrected chi connectivity index (χ2v) is 24.3. The van der Waals surface area contributed by atoms with E-state index >= 15 is 0 Å². The van der Waals surface area contributed by atoms with Crippen LogP contribution in [0.15, 0.2) is 181 Å². The van der Waals surface area contributed by atoms with Gasteiger partial charge in [-0.1, -0.05) is 6.07 Å². The van der Waals surface area contributed by atoms with Gasteiger partial charge in [0.2, 0.25) is 0 Å². The summed E-state index contributed by atoms with van der Waals surface area (Å²) in [5, 5.41) is 63.5. The van der Waals surface area contributed by atoms with Gasteiger partial charge in [0.1, 0.15) is 48.5 Å². The van der Waals surface area contributed by atoms with E-state index in [1.165, 1.54) is 48.5 Å². The van der Waals surface area contributed by atoms with Gasteiger partial charge in [0, 0.05) is 22.2 Å². The predicted molar refractivity (Wildman–Crippen MR) is 283 cm³/mol. The lowest BCUT2D eigenvalue weighted by molar-refractivity contribution is 0.471. The lowest BCUT2D eigenvalue weighted by Crippen LogP contribution is -2.04. The number of nitrogens with zero attached hydrogens (tertiary/aromatic N) is 11. The van der Waals surface area contributed by atoms with E-state index in [9.17, 15) is 75.1 Å². The van der Waals surface area contributed by atoms with Crippen LogP contribution >= 0.6 is 0 Å². The molecule has 80 heavy (non-hydrogen) atoms. The molecular weight excluding hydrogens is 1150 g/mol. The third kappa shape index (κ3) is 11.7. The zero-order chi connectivity index (χ0) is 58.0. The number of aromatic hydroxyl groups is 2. The molecule has 7 N–H and O–H groups in total. The van der Waals surface area contributed by atoms with Crippen LogP contribution in [0.1, 0.15) is 16.7 Å². The lowest BCUT2D eigenvalue weighted by Gasteiger charge is -2.10. The molecule has 0 spiro atoms. The van der Waals surface area contributed by atoms with Crippen LogP contribution in [0, 0.1) is 20.8 Å². The smallest absolute Gasteiger partial charge is 0.296 e. The molecule has 9 rings (SSSR count). The van der Waals surface area contributed by atoms with Crippen LogP contribution in [0.3, 0.4) is 0 Å². The van der Waals surface area contributed by atoms with Gasteiger partial charge in [0.25, 0.3) is 50.6 Å². The van der Waals surface area contributed by atoms with Crippen LogP contribution in [0.5, 0.6) is 11.5 Å². The summed E-state index contributed by atoms with van der Waals surface area (Å²) in [5.41, 5.74) is 2.11. The summed E-state index contributed by atoms with van der Waals surface area (Å²) < 4.78 is 169. The first-order valence-corrected chi connectivity index (χ1v) is 29.4. The molecule has 0 saturated heterocycles. The van der Waals surface area contributed by atoms with Crippen molar-refractivity contribution >= 4 is 129 Å². The van der Waals surface area contributed by atoms with Crippen molar-refractivity contribution in [2.45, 2.75) is 45.2 Å². The summed E-state index contributed by atoms with van der Waals surface area (Å²) in [5.74, 6) is -1.24. The molecule has 33 heteroatoms. The molecule has 1 heterocycles. The third-order valence-corrected chi connectivity index (χ3v) is 16.1. The van der Waals surface area contributed by atoms with Crippen molar-refractivity contribution in [2.24, 2.45) is 40.9 Å². The van der Waals surface area contributed by atoms with Crippen LogP contribution in [0.4, 0.5) is 45.5 Å². The quantitative estimate of drug-likeness (QED) is 0.0393. The summed E-state index contributed by atoms with van der Waals surface area (Å²) in [7, 11) is -24.9. The standard InChI is InChI=1S/C47H35N11O17S5/c1-23-14-28(4-10-35(23)50-48-27-5-11-36(24(2)15-27)51-52-37-12-7-30(76(61,62)63)20-43(37)79(70,71)72)49-53-39-22-41(59)40(16-25(39)3)54-55-46-44(80(73,74)75)18-26-17-29(6-8-32(26)47(46)60)58-56-38-13-9-33-34(45(38)57-58)19-31(77(64,65)66)21-42(33)78(67,68)69/h4-22,59-60H,1-3H3,(H,61,62,63)(H,64,65,66)(H,67,68,69)(H,70,71,72)(H,73,74,75). The SMILES string of the molecule is Cc1cc(N=Nc2cc(O)c(N=Nc3c(S(=O)(=O)O)cc4cc(-n5nc6ccc7c(S(=O)(=O)O)cc(S(=O)(=O)O)cc7c6n5)ccc4c3O)cc2C)ccc1N=Nc1ccc(N=Nc2ccc(S(=O)(=O)O)cc2S(=O)(=O)O)c(C)c1. The molecule has 0 unspecified atom stereocenters. The first-order valence-electron chi connectivity index (χ1n) is 22.2. The van der Waals surface area contributed by atoms with Crippen molar-refractivity contribution in [2.75, 3.05) is 0 Å². The largest absolute Gasteiger partial charge is 0.506 e. The molecule has 0 aliphatic heterocycles. The van der Waals surface area contributed by atoms with E-state index in [2.05, 4.69) is 51.1 Å². The first-order chi connectivity index (χ1) is 37.3. The van der Waals surface area contributed by atoms with Crippen LogP contribution < -0.4 is 0 Å². The maximum absolute atomic E-state index is 12.7. The number of benzene rings is 8. The normalized spacial score (nSPS) is 13.2. The van der Waals surface area contributed by atoms with E-state index in [0.29, 0.717) is 45.9 Å². The molecule has 28 nitrogen and oxygen atoms in total. The molecule has 0 radical (unpaired) electrons. The van der Waals surface area contributed by atoms with Gasteiger partial charge < -0.3 is 10.2 Å². The molecule has 0 amide bonds. The summed E-state index contributed by atoms with van der Waals surface area (Å²) in [6, 6.07) is 23.6. The first kappa shape index (κ1) is 56.0. The Morgan fingerprint density at radius 1 is 0.400 bits per heavy atom. The zero-order valence-corrected chi connectivity index (χ0v) is 44.7. The average Bonchev–Trinajstić information content (AvgIpc) is 4.03. The molecule has 8 aromatic carbocycles. The minimum Gasteiger partial charge on any atom is -0.506 e. The minimum atomic E-state index is -5.14. The highest BCUT2D eigenvalue weighted by atomic mass is 32.2. The number of hydrogen-bond donors (Lipinski definition) is 7. The van der Waals surface area contributed by atoms with Crippen molar-refractivity contribution in [3.05, 3.63) is 132 Å². The number of azo groups is 4. The number of fused-ring (bicyclic) bond motifs is 4. The Morgan fingerprint density at radius 2 is 0.925 bits per heavy atom. The van der Waals surface area contributed by atoms with E-state index in [1.54, 1.807) is 51.1 Å². The number of aromatic nitrogens is 3. The Kier molecular flexibility index (Phi) is 14.3. The highest BCUT2D eigenvalue weighted by molar-refractivity contribution is 7.87. The number of hydrogen-bond acceptors (Lipinski definition) is 22. The molecule has 0 aliphatic carbocycles. The van der Waals surface area contributed by atoms with Gasteiger partial charge in [-0.25, -0.2) is 0 Å². The molecule has 0 saturated carbocycles. The molecule has 0 bridgehead atoms.